The van der Waals surface area contributed by atoms with E-state index in [1.807, 2.05) is 37.3 Å². The van der Waals surface area contributed by atoms with Crippen molar-refractivity contribution in [2.45, 2.75) is 26.4 Å². The highest BCUT2D eigenvalue weighted by Crippen LogP contribution is 2.17. The van der Waals surface area contributed by atoms with E-state index < -0.39 is 18.0 Å². The number of carbonyl (C=O) groups is 2. The second kappa shape index (κ2) is 7.36. The molecule has 0 fully saturated rings. The van der Waals surface area contributed by atoms with Crippen LogP contribution in [0.5, 0.6) is 0 Å². The van der Waals surface area contributed by atoms with E-state index in [1.54, 1.807) is 6.08 Å². The molecule has 4 nitrogen and oxygen atoms in total. The van der Waals surface area contributed by atoms with E-state index in [4.69, 9.17) is 9.47 Å². The first-order chi connectivity index (χ1) is 9.08. The Balaban J connectivity index is 3.10. The number of benzene rings is 1. The van der Waals surface area contributed by atoms with Gasteiger partial charge in [0.1, 0.15) is 6.10 Å². The Bertz CT molecular complexity index is 462. The SMILES string of the molecule is CCC(OC(C)=O)/C(=C\c1ccccc1)C(=O)OC. The Morgan fingerprint density at radius 3 is 2.37 bits per heavy atom. The van der Waals surface area contributed by atoms with Crippen LogP contribution in [0.3, 0.4) is 0 Å². The molecule has 0 aliphatic rings. The van der Waals surface area contributed by atoms with Gasteiger partial charge in [-0.1, -0.05) is 37.3 Å². The third-order valence-electron chi connectivity index (χ3n) is 2.57. The fraction of sp³-hybridized carbons (Fsp3) is 0.333. The average molecular weight is 262 g/mol. The van der Waals surface area contributed by atoms with E-state index in [-0.39, 0.29) is 0 Å². The molecule has 1 rings (SSSR count). The number of hydrogen-bond acceptors (Lipinski definition) is 4. The summed E-state index contributed by atoms with van der Waals surface area (Å²) in [4.78, 5) is 22.9. The van der Waals surface area contributed by atoms with Crippen LogP contribution in [0.25, 0.3) is 6.08 Å². The van der Waals surface area contributed by atoms with Gasteiger partial charge in [-0.15, -0.1) is 0 Å². The van der Waals surface area contributed by atoms with E-state index >= 15 is 0 Å². The van der Waals surface area contributed by atoms with Crippen LogP contribution >= 0.6 is 0 Å². The molecule has 102 valence electrons. The highest BCUT2D eigenvalue weighted by atomic mass is 16.6. The first-order valence-corrected chi connectivity index (χ1v) is 6.10. The summed E-state index contributed by atoms with van der Waals surface area (Å²) in [5.74, 6) is -0.910. The van der Waals surface area contributed by atoms with Crippen molar-refractivity contribution in [2.75, 3.05) is 7.11 Å². The number of hydrogen-bond donors (Lipinski definition) is 0. The summed E-state index contributed by atoms with van der Waals surface area (Å²) in [7, 11) is 1.31. The normalized spacial score (nSPS) is 12.7. The minimum absolute atomic E-state index is 0.339. The zero-order valence-electron chi connectivity index (χ0n) is 11.4. The molecule has 0 spiro atoms. The Labute approximate surface area is 113 Å². The summed E-state index contributed by atoms with van der Waals surface area (Å²) in [6.07, 6.45) is 1.60. The maximum absolute atomic E-state index is 11.8. The van der Waals surface area contributed by atoms with Gasteiger partial charge in [-0.05, 0) is 18.1 Å². The van der Waals surface area contributed by atoms with E-state index in [0.29, 0.717) is 12.0 Å². The topological polar surface area (TPSA) is 52.6 Å². The molecule has 0 saturated carbocycles. The standard InChI is InChI=1S/C15H18O4/c1-4-14(19-11(2)16)13(15(17)18-3)10-12-8-6-5-7-9-12/h5-10,14H,4H2,1-3H3/b13-10+. The molecule has 0 heterocycles. The number of ether oxygens (including phenoxy) is 2. The summed E-state index contributed by atoms with van der Waals surface area (Å²) in [6.45, 7) is 3.16. The van der Waals surface area contributed by atoms with E-state index in [1.165, 1.54) is 14.0 Å². The smallest absolute Gasteiger partial charge is 0.337 e. The van der Waals surface area contributed by atoms with Gasteiger partial charge >= 0.3 is 11.9 Å². The van der Waals surface area contributed by atoms with Crippen LogP contribution in [0.4, 0.5) is 0 Å². The maximum atomic E-state index is 11.8. The lowest BCUT2D eigenvalue weighted by Crippen LogP contribution is -2.24. The molecule has 0 N–H and O–H groups in total. The van der Waals surface area contributed by atoms with Gasteiger partial charge in [0.05, 0.1) is 12.7 Å². The molecule has 1 aromatic rings. The third kappa shape index (κ3) is 4.58. The van der Waals surface area contributed by atoms with Crippen molar-refractivity contribution in [3.63, 3.8) is 0 Å². The Kier molecular flexibility index (Phi) is 5.79. The van der Waals surface area contributed by atoms with Gasteiger partial charge in [-0.2, -0.15) is 0 Å². The highest BCUT2D eigenvalue weighted by Gasteiger charge is 2.22. The Morgan fingerprint density at radius 2 is 1.89 bits per heavy atom. The largest absolute Gasteiger partial charge is 0.466 e. The van der Waals surface area contributed by atoms with Gasteiger partial charge in [-0.3, -0.25) is 4.79 Å². The van der Waals surface area contributed by atoms with Gasteiger partial charge in [-0.25, -0.2) is 4.79 Å². The summed E-state index contributed by atoms with van der Waals surface area (Å²) < 4.78 is 9.90. The van der Waals surface area contributed by atoms with Crippen molar-refractivity contribution >= 4 is 18.0 Å². The molecule has 1 unspecified atom stereocenters. The minimum atomic E-state index is -0.592. The molecule has 4 heteroatoms. The molecule has 1 atom stereocenters. The van der Waals surface area contributed by atoms with Crippen molar-refractivity contribution in [3.8, 4) is 0 Å². The van der Waals surface area contributed by atoms with E-state index in [9.17, 15) is 9.59 Å². The van der Waals surface area contributed by atoms with Crippen molar-refractivity contribution in [2.24, 2.45) is 0 Å². The van der Waals surface area contributed by atoms with E-state index in [0.717, 1.165) is 5.56 Å². The summed E-state index contributed by atoms with van der Waals surface area (Å²) in [5.41, 5.74) is 1.19. The summed E-state index contributed by atoms with van der Waals surface area (Å²) in [5, 5.41) is 0. The molecule has 0 bridgehead atoms. The second-order valence-corrected chi connectivity index (χ2v) is 4.01. The van der Waals surface area contributed by atoms with Gasteiger partial charge in [0.25, 0.3) is 0 Å². The predicted octanol–water partition coefficient (Wildman–Crippen LogP) is 2.58. The first kappa shape index (κ1) is 15.0. The summed E-state index contributed by atoms with van der Waals surface area (Å²) >= 11 is 0. The van der Waals surface area contributed by atoms with Gasteiger partial charge in [0.2, 0.25) is 0 Å². The van der Waals surface area contributed by atoms with Crippen molar-refractivity contribution in [1.29, 1.82) is 0 Å². The molecule has 0 amide bonds. The highest BCUT2D eigenvalue weighted by molar-refractivity contribution is 5.95. The van der Waals surface area contributed by atoms with Gasteiger partial charge in [0, 0.05) is 6.92 Å². The molecular weight excluding hydrogens is 244 g/mol. The molecule has 0 aromatic heterocycles. The Morgan fingerprint density at radius 1 is 1.26 bits per heavy atom. The second-order valence-electron chi connectivity index (χ2n) is 4.01. The molecule has 0 radical (unpaired) electrons. The number of carbonyl (C=O) groups excluding carboxylic acids is 2. The average Bonchev–Trinajstić information content (AvgIpc) is 2.42. The van der Waals surface area contributed by atoms with Crippen molar-refractivity contribution < 1.29 is 19.1 Å². The predicted molar refractivity (Wildman–Crippen MR) is 72.3 cm³/mol. The first-order valence-electron chi connectivity index (χ1n) is 6.10. The van der Waals surface area contributed by atoms with E-state index in [2.05, 4.69) is 0 Å². The lowest BCUT2D eigenvalue weighted by molar-refractivity contribution is -0.146. The lowest BCUT2D eigenvalue weighted by Gasteiger charge is -2.17. The van der Waals surface area contributed by atoms with Crippen LogP contribution in [-0.4, -0.2) is 25.2 Å². The maximum Gasteiger partial charge on any atom is 0.337 e. The quantitative estimate of drug-likeness (QED) is 0.604. The Hall–Kier alpha value is -2.10. The molecule has 19 heavy (non-hydrogen) atoms. The zero-order chi connectivity index (χ0) is 14.3. The third-order valence-corrected chi connectivity index (χ3v) is 2.57. The van der Waals surface area contributed by atoms with Crippen LogP contribution in [0.2, 0.25) is 0 Å². The van der Waals surface area contributed by atoms with Crippen molar-refractivity contribution in [1.82, 2.24) is 0 Å². The molecule has 0 saturated heterocycles. The molecule has 1 aromatic carbocycles. The van der Waals surface area contributed by atoms with Crippen LogP contribution in [0.15, 0.2) is 35.9 Å². The molecular formula is C15H18O4. The number of rotatable bonds is 5. The number of esters is 2. The molecule has 0 aliphatic heterocycles. The van der Waals surface area contributed by atoms with Crippen molar-refractivity contribution in [3.05, 3.63) is 41.5 Å². The minimum Gasteiger partial charge on any atom is -0.466 e. The molecule has 0 aliphatic carbocycles. The lowest BCUT2D eigenvalue weighted by atomic mass is 10.0. The van der Waals surface area contributed by atoms with Crippen LogP contribution < -0.4 is 0 Å². The van der Waals surface area contributed by atoms with Crippen LogP contribution in [0.1, 0.15) is 25.8 Å². The number of methoxy groups -OCH3 is 1. The van der Waals surface area contributed by atoms with Gasteiger partial charge in [0.15, 0.2) is 0 Å². The fourth-order valence-corrected chi connectivity index (χ4v) is 1.70. The summed E-state index contributed by atoms with van der Waals surface area (Å²) in [6, 6.07) is 9.35. The van der Waals surface area contributed by atoms with Gasteiger partial charge < -0.3 is 9.47 Å². The van der Waals surface area contributed by atoms with Crippen LogP contribution in [-0.2, 0) is 19.1 Å². The van der Waals surface area contributed by atoms with Crippen LogP contribution in [0, 0.1) is 0 Å². The monoisotopic (exact) mass is 262 g/mol. The fourth-order valence-electron chi connectivity index (χ4n) is 1.70. The zero-order valence-corrected chi connectivity index (χ0v) is 11.4.